The van der Waals surface area contributed by atoms with Gasteiger partial charge in [-0.05, 0) is 51.1 Å². The van der Waals surface area contributed by atoms with Crippen LogP contribution in [0.4, 0.5) is 0 Å². The maximum atomic E-state index is 12.3. The molecule has 0 radical (unpaired) electrons. The van der Waals surface area contributed by atoms with Crippen molar-refractivity contribution in [1.82, 2.24) is 10.1 Å². The lowest BCUT2D eigenvalue weighted by atomic mass is 9.83. The molecule has 1 aliphatic heterocycles. The topological polar surface area (TPSA) is 66.8 Å². The Labute approximate surface area is 121 Å². The second kappa shape index (κ2) is 7.50. The fourth-order valence-corrected chi connectivity index (χ4v) is 3.56. The zero-order valence-corrected chi connectivity index (χ0v) is 12.5. The Kier molecular flexibility index (Phi) is 5.96. The number of hydrogen-bond donors (Lipinski definition) is 1. The Hall–Kier alpha value is -0.490. The van der Waals surface area contributed by atoms with E-state index < -0.39 is 0 Å². The highest BCUT2D eigenvalue weighted by Crippen LogP contribution is 2.28. The van der Waals surface area contributed by atoms with E-state index in [4.69, 9.17) is 5.21 Å². The molecule has 5 heteroatoms. The molecule has 2 atom stereocenters. The van der Waals surface area contributed by atoms with Crippen molar-refractivity contribution < 1.29 is 10.0 Å². The fourth-order valence-electron chi connectivity index (χ4n) is 3.56. The van der Waals surface area contributed by atoms with Gasteiger partial charge >= 0.3 is 0 Å². The van der Waals surface area contributed by atoms with Gasteiger partial charge in [-0.25, -0.2) is 0 Å². The molecule has 20 heavy (non-hydrogen) atoms. The van der Waals surface area contributed by atoms with Crippen LogP contribution in [0.15, 0.2) is 0 Å². The molecule has 2 fully saturated rings. The zero-order chi connectivity index (χ0) is 14.5. The SMILES string of the molecule is CCC1CCN(CC(=O)C2CCCC(N([O-])O)C2)CC1. The lowest BCUT2D eigenvalue weighted by Gasteiger charge is -2.37. The zero-order valence-electron chi connectivity index (χ0n) is 12.5. The van der Waals surface area contributed by atoms with Gasteiger partial charge in [-0.15, -0.1) is 0 Å². The summed E-state index contributed by atoms with van der Waals surface area (Å²) in [5, 5.41) is 20.0. The molecule has 0 bridgehead atoms. The van der Waals surface area contributed by atoms with E-state index in [1.54, 1.807) is 0 Å². The highest BCUT2D eigenvalue weighted by Gasteiger charge is 2.29. The standard InChI is InChI=1S/C15H27N2O3/c1-2-12-6-8-16(9-7-12)11-15(18)13-4-3-5-14(10-13)17(19)20/h12-14,19H,2-11H2,1H3/q-1. The molecule has 0 spiro atoms. The number of carbonyl (C=O) groups is 1. The third-order valence-electron chi connectivity index (χ3n) is 5.08. The molecule has 0 amide bonds. The molecule has 2 unspecified atom stereocenters. The average molecular weight is 283 g/mol. The normalized spacial score (nSPS) is 29.8. The Morgan fingerprint density at radius 3 is 2.60 bits per heavy atom. The van der Waals surface area contributed by atoms with Crippen molar-refractivity contribution >= 4 is 5.78 Å². The highest BCUT2D eigenvalue weighted by atomic mass is 16.8. The molecular formula is C15H27N2O3-. The molecule has 5 nitrogen and oxygen atoms in total. The Morgan fingerprint density at radius 2 is 2.00 bits per heavy atom. The van der Waals surface area contributed by atoms with Crippen molar-refractivity contribution in [3.05, 3.63) is 5.21 Å². The third-order valence-corrected chi connectivity index (χ3v) is 5.08. The lowest BCUT2D eigenvalue weighted by Crippen LogP contribution is -2.41. The van der Waals surface area contributed by atoms with E-state index in [2.05, 4.69) is 11.8 Å². The first-order valence-electron chi connectivity index (χ1n) is 8.00. The minimum atomic E-state index is -0.386. The van der Waals surface area contributed by atoms with E-state index in [1.807, 2.05) is 0 Å². The van der Waals surface area contributed by atoms with Crippen LogP contribution in [0.3, 0.4) is 0 Å². The third kappa shape index (κ3) is 4.25. The van der Waals surface area contributed by atoms with Gasteiger partial charge in [-0.1, -0.05) is 19.8 Å². The fraction of sp³-hybridized carbons (Fsp3) is 0.933. The van der Waals surface area contributed by atoms with Crippen LogP contribution in [0.2, 0.25) is 0 Å². The van der Waals surface area contributed by atoms with Crippen molar-refractivity contribution in [2.75, 3.05) is 19.6 Å². The first-order chi connectivity index (χ1) is 9.60. The number of ketones is 1. The summed E-state index contributed by atoms with van der Waals surface area (Å²) >= 11 is 0. The van der Waals surface area contributed by atoms with Crippen molar-refractivity contribution in [3.8, 4) is 0 Å². The Balaban J connectivity index is 1.77. The average Bonchev–Trinajstić information content (AvgIpc) is 2.48. The molecule has 1 aliphatic carbocycles. The molecule has 0 aromatic carbocycles. The van der Waals surface area contributed by atoms with Crippen LogP contribution in [0.1, 0.15) is 51.9 Å². The Morgan fingerprint density at radius 1 is 1.30 bits per heavy atom. The van der Waals surface area contributed by atoms with Crippen LogP contribution in [-0.4, -0.2) is 46.8 Å². The second-order valence-corrected chi connectivity index (χ2v) is 6.41. The number of Topliss-reactive ketones (excluding diaryl/α,β-unsaturated/α-hetero) is 1. The van der Waals surface area contributed by atoms with Gasteiger partial charge in [-0.3, -0.25) is 14.9 Å². The number of nitrogens with zero attached hydrogens (tertiary/aromatic N) is 2. The summed E-state index contributed by atoms with van der Waals surface area (Å²) < 4.78 is 0. The van der Waals surface area contributed by atoms with Gasteiger partial charge in [0.05, 0.1) is 6.54 Å². The van der Waals surface area contributed by atoms with Crippen LogP contribution < -0.4 is 0 Å². The van der Waals surface area contributed by atoms with Crippen LogP contribution >= 0.6 is 0 Å². The van der Waals surface area contributed by atoms with Crippen molar-refractivity contribution in [3.63, 3.8) is 0 Å². The van der Waals surface area contributed by atoms with Crippen LogP contribution in [0, 0.1) is 17.0 Å². The molecule has 1 saturated heterocycles. The van der Waals surface area contributed by atoms with Gasteiger partial charge in [0.25, 0.3) is 0 Å². The van der Waals surface area contributed by atoms with E-state index >= 15 is 0 Å². The summed E-state index contributed by atoms with van der Waals surface area (Å²) in [6.45, 7) is 4.80. The first-order valence-corrected chi connectivity index (χ1v) is 8.00. The molecule has 1 saturated carbocycles. The van der Waals surface area contributed by atoms with Gasteiger partial charge in [-0.2, -0.15) is 0 Å². The molecule has 0 aromatic heterocycles. The molecule has 0 aromatic rings. The number of likely N-dealkylation sites (tertiary alicyclic amines) is 1. The van der Waals surface area contributed by atoms with E-state index in [9.17, 15) is 10.0 Å². The van der Waals surface area contributed by atoms with Crippen molar-refractivity contribution in [1.29, 1.82) is 0 Å². The van der Waals surface area contributed by atoms with Crippen molar-refractivity contribution in [2.45, 2.75) is 57.9 Å². The van der Waals surface area contributed by atoms with E-state index in [-0.39, 0.29) is 23.0 Å². The second-order valence-electron chi connectivity index (χ2n) is 6.41. The Bertz CT molecular complexity index is 314. The number of hydrogen-bond acceptors (Lipinski definition) is 5. The summed E-state index contributed by atoms with van der Waals surface area (Å²) in [6.07, 6.45) is 6.58. The predicted octanol–water partition coefficient (Wildman–Crippen LogP) is 2.43. The molecule has 2 rings (SSSR count). The summed E-state index contributed by atoms with van der Waals surface area (Å²) in [5.74, 6) is 1.04. The molecular weight excluding hydrogens is 256 g/mol. The summed E-state index contributed by atoms with van der Waals surface area (Å²) in [5.41, 5.74) is 0. The van der Waals surface area contributed by atoms with Gasteiger partial charge in [0, 0.05) is 12.0 Å². The number of piperidine rings is 1. The highest BCUT2D eigenvalue weighted by molar-refractivity contribution is 5.83. The lowest BCUT2D eigenvalue weighted by molar-refractivity contribution is -0.130. The predicted molar refractivity (Wildman–Crippen MR) is 77.2 cm³/mol. The minimum Gasteiger partial charge on any atom is -0.762 e. The van der Waals surface area contributed by atoms with Crippen LogP contribution in [-0.2, 0) is 4.79 Å². The number of hydroxylamine groups is 2. The van der Waals surface area contributed by atoms with E-state index in [0.717, 1.165) is 31.8 Å². The molecule has 116 valence electrons. The largest absolute Gasteiger partial charge is 0.762 e. The maximum absolute atomic E-state index is 12.3. The summed E-state index contributed by atoms with van der Waals surface area (Å²) in [4.78, 5) is 14.6. The minimum absolute atomic E-state index is 0.0405. The van der Waals surface area contributed by atoms with Gasteiger partial charge in [0.15, 0.2) is 0 Å². The number of rotatable bonds is 5. The van der Waals surface area contributed by atoms with Crippen molar-refractivity contribution in [2.24, 2.45) is 11.8 Å². The first kappa shape index (κ1) is 15.9. The van der Waals surface area contributed by atoms with E-state index in [1.165, 1.54) is 19.3 Å². The van der Waals surface area contributed by atoms with Crippen LogP contribution in [0.5, 0.6) is 0 Å². The monoisotopic (exact) mass is 283 g/mol. The maximum Gasteiger partial charge on any atom is 0.149 e. The van der Waals surface area contributed by atoms with E-state index in [0.29, 0.717) is 19.4 Å². The number of carbonyl (C=O) groups excluding carboxylic acids is 1. The summed E-state index contributed by atoms with van der Waals surface area (Å²) in [7, 11) is 0. The van der Waals surface area contributed by atoms with Gasteiger partial charge in [0.2, 0.25) is 0 Å². The smallest absolute Gasteiger partial charge is 0.149 e. The summed E-state index contributed by atoms with van der Waals surface area (Å²) in [6, 6.07) is -0.386. The quantitative estimate of drug-likeness (QED) is 0.785. The van der Waals surface area contributed by atoms with Gasteiger partial charge in [0.1, 0.15) is 5.78 Å². The molecule has 1 N–H and O–H groups in total. The van der Waals surface area contributed by atoms with Gasteiger partial charge < -0.3 is 10.4 Å². The molecule has 2 aliphatic rings. The van der Waals surface area contributed by atoms with Crippen LogP contribution in [0.25, 0.3) is 0 Å². The molecule has 1 heterocycles.